The molecule has 0 aromatic carbocycles. The second-order valence-corrected chi connectivity index (χ2v) is 6.47. The lowest BCUT2D eigenvalue weighted by Gasteiger charge is -2.36. The summed E-state index contributed by atoms with van der Waals surface area (Å²) < 4.78 is 1.84. The normalized spacial score (nSPS) is 28.9. The maximum Gasteiger partial charge on any atom is 0.234 e. The maximum absolute atomic E-state index is 6.07. The van der Waals surface area contributed by atoms with Crippen LogP contribution in [0.15, 0.2) is 0 Å². The van der Waals surface area contributed by atoms with Crippen molar-refractivity contribution in [2.45, 2.75) is 44.9 Å². The minimum atomic E-state index is 0.0737. The zero-order valence-corrected chi connectivity index (χ0v) is 11.7. The Bertz CT molecular complexity index is 550. The monoisotopic (exact) mass is 265 g/mol. The molecule has 2 N–H and O–H groups in total. The molecule has 0 bridgehead atoms. The lowest BCUT2D eigenvalue weighted by atomic mass is 9.71. The highest BCUT2D eigenvalue weighted by molar-refractivity contribution is 7.16. The number of nitrogens with zero attached hydrogens (tertiary/aromatic N) is 4. The van der Waals surface area contributed by atoms with E-state index in [0.29, 0.717) is 6.54 Å². The van der Waals surface area contributed by atoms with Crippen molar-refractivity contribution in [3.63, 3.8) is 0 Å². The van der Waals surface area contributed by atoms with Gasteiger partial charge in [0.1, 0.15) is 5.01 Å². The average Bonchev–Trinajstić information content (AvgIpc) is 2.94. The van der Waals surface area contributed by atoms with Gasteiger partial charge in [0, 0.05) is 12.0 Å². The Hall–Kier alpha value is -1.01. The lowest BCUT2D eigenvalue weighted by Crippen LogP contribution is -2.38. The third kappa shape index (κ3) is 1.75. The van der Waals surface area contributed by atoms with Gasteiger partial charge in [-0.05, 0) is 38.5 Å². The van der Waals surface area contributed by atoms with Crippen LogP contribution in [0.3, 0.4) is 0 Å². The first-order valence-corrected chi connectivity index (χ1v) is 7.36. The fourth-order valence-electron chi connectivity index (χ4n) is 2.75. The zero-order valence-electron chi connectivity index (χ0n) is 10.9. The van der Waals surface area contributed by atoms with Crippen LogP contribution >= 0.6 is 11.3 Å². The number of nitrogens with two attached hydrogens (primary N) is 1. The molecular formula is C12H19N5S. The van der Waals surface area contributed by atoms with Gasteiger partial charge in [-0.1, -0.05) is 18.3 Å². The van der Waals surface area contributed by atoms with Crippen LogP contribution in [0.2, 0.25) is 0 Å². The molecule has 0 atom stereocenters. The van der Waals surface area contributed by atoms with Gasteiger partial charge in [-0.25, -0.2) is 0 Å². The number of aryl methyl sites for hydroxylation is 1. The quantitative estimate of drug-likeness (QED) is 0.900. The van der Waals surface area contributed by atoms with Crippen LogP contribution in [0.5, 0.6) is 0 Å². The van der Waals surface area contributed by atoms with Crippen molar-refractivity contribution in [3.8, 4) is 0 Å². The maximum atomic E-state index is 6.07. The molecule has 1 saturated carbocycles. The third-order valence-electron chi connectivity index (χ3n) is 4.22. The van der Waals surface area contributed by atoms with Crippen molar-refractivity contribution >= 4 is 16.3 Å². The van der Waals surface area contributed by atoms with E-state index in [-0.39, 0.29) is 5.41 Å². The average molecular weight is 265 g/mol. The molecule has 98 valence electrons. The molecule has 2 heterocycles. The summed E-state index contributed by atoms with van der Waals surface area (Å²) in [5.74, 6) is 1.67. The molecule has 3 rings (SSSR count). The Kier molecular flexibility index (Phi) is 2.86. The fraction of sp³-hybridized carbons (Fsp3) is 0.750. The first-order valence-electron chi connectivity index (χ1n) is 6.54. The molecule has 0 radical (unpaired) electrons. The van der Waals surface area contributed by atoms with Crippen molar-refractivity contribution in [2.75, 3.05) is 6.54 Å². The molecule has 1 aliphatic rings. The summed E-state index contributed by atoms with van der Waals surface area (Å²) in [6.07, 6.45) is 4.79. The van der Waals surface area contributed by atoms with Gasteiger partial charge in [0.25, 0.3) is 0 Å². The van der Waals surface area contributed by atoms with Crippen LogP contribution in [0, 0.1) is 12.8 Å². The van der Waals surface area contributed by atoms with E-state index in [1.807, 2.05) is 11.4 Å². The van der Waals surface area contributed by atoms with E-state index in [2.05, 4.69) is 17.1 Å². The smallest absolute Gasteiger partial charge is 0.234 e. The molecule has 0 unspecified atom stereocenters. The minimum Gasteiger partial charge on any atom is -0.329 e. The molecule has 1 fully saturated rings. The summed E-state index contributed by atoms with van der Waals surface area (Å²) in [5, 5.41) is 14.0. The van der Waals surface area contributed by atoms with Crippen molar-refractivity contribution in [3.05, 3.63) is 10.8 Å². The Morgan fingerprint density at radius 2 is 2.11 bits per heavy atom. The molecule has 0 amide bonds. The molecule has 1 aliphatic carbocycles. The van der Waals surface area contributed by atoms with E-state index in [0.717, 1.165) is 34.6 Å². The standard InChI is InChI=1S/C12H19N5S/c1-8-3-5-12(7-13,6-4-8)10-16-17-9(2)14-15-11(17)18-10/h8H,3-7,13H2,1-2H3. The number of hydrogen-bond acceptors (Lipinski definition) is 5. The molecule has 2 aromatic heterocycles. The van der Waals surface area contributed by atoms with E-state index in [1.54, 1.807) is 11.3 Å². The van der Waals surface area contributed by atoms with Crippen LogP contribution in [0.25, 0.3) is 4.96 Å². The van der Waals surface area contributed by atoms with Crippen LogP contribution in [0.4, 0.5) is 0 Å². The number of hydrogen-bond donors (Lipinski definition) is 1. The van der Waals surface area contributed by atoms with Crippen LogP contribution in [0.1, 0.15) is 43.4 Å². The molecule has 0 spiro atoms. The Morgan fingerprint density at radius 3 is 2.72 bits per heavy atom. The number of fused-ring (bicyclic) bond motifs is 1. The van der Waals surface area contributed by atoms with Crippen molar-refractivity contribution in [2.24, 2.45) is 11.7 Å². The Morgan fingerprint density at radius 1 is 1.39 bits per heavy atom. The first-order chi connectivity index (χ1) is 8.64. The summed E-state index contributed by atoms with van der Waals surface area (Å²) in [5.41, 5.74) is 6.14. The molecule has 6 heteroatoms. The first kappa shape index (κ1) is 12.0. The summed E-state index contributed by atoms with van der Waals surface area (Å²) >= 11 is 1.65. The van der Waals surface area contributed by atoms with Gasteiger partial charge in [-0.15, -0.1) is 10.2 Å². The molecular weight excluding hydrogens is 246 g/mol. The molecule has 0 saturated heterocycles. The minimum absolute atomic E-state index is 0.0737. The Labute approximate surface area is 110 Å². The largest absolute Gasteiger partial charge is 0.329 e. The predicted octanol–water partition coefficient (Wildman–Crippen LogP) is 1.90. The van der Waals surface area contributed by atoms with E-state index >= 15 is 0 Å². The van der Waals surface area contributed by atoms with Gasteiger partial charge in [-0.2, -0.15) is 9.61 Å². The van der Waals surface area contributed by atoms with Crippen LogP contribution < -0.4 is 5.73 Å². The SMILES string of the molecule is Cc1nnc2sc(C3(CN)CCC(C)CC3)nn12. The van der Waals surface area contributed by atoms with Crippen molar-refractivity contribution < 1.29 is 0 Å². The molecule has 5 nitrogen and oxygen atoms in total. The van der Waals surface area contributed by atoms with E-state index in [4.69, 9.17) is 10.8 Å². The van der Waals surface area contributed by atoms with Gasteiger partial charge >= 0.3 is 0 Å². The summed E-state index contributed by atoms with van der Waals surface area (Å²) in [6.45, 7) is 4.94. The van der Waals surface area contributed by atoms with E-state index in [1.165, 1.54) is 12.8 Å². The lowest BCUT2D eigenvalue weighted by molar-refractivity contribution is 0.245. The second-order valence-electron chi connectivity index (χ2n) is 5.52. The third-order valence-corrected chi connectivity index (χ3v) is 5.37. The molecule has 0 aliphatic heterocycles. The van der Waals surface area contributed by atoms with Crippen LogP contribution in [-0.2, 0) is 5.41 Å². The van der Waals surface area contributed by atoms with Crippen LogP contribution in [-0.4, -0.2) is 26.4 Å². The highest BCUT2D eigenvalue weighted by Crippen LogP contribution is 2.42. The van der Waals surface area contributed by atoms with Crippen molar-refractivity contribution in [1.29, 1.82) is 0 Å². The topological polar surface area (TPSA) is 69.1 Å². The highest BCUT2D eigenvalue weighted by Gasteiger charge is 2.38. The highest BCUT2D eigenvalue weighted by atomic mass is 32.1. The summed E-state index contributed by atoms with van der Waals surface area (Å²) in [4.78, 5) is 0.883. The van der Waals surface area contributed by atoms with Gasteiger partial charge in [0.2, 0.25) is 4.96 Å². The fourth-order valence-corrected chi connectivity index (χ4v) is 3.89. The predicted molar refractivity (Wildman–Crippen MR) is 71.8 cm³/mol. The zero-order chi connectivity index (χ0) is 12.8. The van der Waals surface area contributed by atoms with E-state index < -0.39 is 0 Å². The van der Waals surface area contributed by atoms with Gasteiger partial charge in [0.15, 0.2) is 5.82 Å². The van der Waals surface area contributed by atoms with Crippen molar-refractivity contribution in [1.82, 2.24) is 19.8 Å². The van der Waals surface area contributed by atoms with E-state index in [9.17, 15) is 0 Å². The van der Waals surface area contributed by atoms with Gasteiger partial charge in [0.05, 0.1) is 0 Å². The van der Waals surface area contributed by atoms with Gasteiger partial charge < -0.3 is 5.73 Å². The number of aromatic nitrogens is 4. The molecule has 18 heavy (non-hydrogen) atoms. The molecule has 2 aromatic rings. The summed E-state index contributed by atoms with van der Waals surface area (Å²) in [6, 6.07) is 0. The summed E-state index contributed by atoms with van der Waals surface area (Å²) in [7, 11) is 0. The number of rotatable bonds is 2. The Balaban J connectivity index is 2.00. The second kappa shape index (κ2) is 4.28. The van der Waals surface area contributed by atoms with Gasteiger partial charge in [-0.3, -0.25) is 0 Å².